The van der Waals surface area contributed by atoms with E-state index in [1.54, 1.807) is 13.0 Å². The van der Waals surface area contributed by atoms with E-state index < -0.39 is 41.3 Å². The Labute approximate surface area is 154 Å². The van der Waals surface area contributed by atoms with Gasteiger partial charge in [0.1, 0.15) is 17.4 Å². The molecule has 0 saturated carbocycles. The van der Waals surface area contributed by atoms with Gasteiger partial charge in [-0.15, -0.1) is 0 Å². The standard InChI is InChI=1S/C19H17ClF2O4/c1-3-26-17(23)10-13(12-9-11(25-2)7-8-14(12)20)19(24)18-15(21)5-4-6-16(18)22/h4-9,13H,3,10H2,1-2H3. The second-order valence-corrected chi connectivity index (χ2v) is 5.82. The third kappa shape index (κ3) is 4.38. The molecule has 0 amide bonds. The summed E-state index contributed by atoms with van der Waals surface area (Å²) in [7, 11) is 1.42. The zero-order valence-electron chi connectivity index (χ0n) is 14.2. The second kappa shape index (κ2) is 8.76. The van der Waals surface area contributed by atoms with E-state index in [1.165, 1.54) is 19.2 Å². The van der Waals surface area contributed by atoms with Gasteiger partial charge in [0.2, 0.25) is 0 Å². The molecule has 2 rings (SSSR count). The molecule has 138 valence electrons. The number of esters is 1. The summed E-state index contributed by atoms with van der Waals surface area (Å²) < 4.78 is 38.1. The number of methoxy groups -OCH3 is 1. The van der Waals surface area contributed by atoms with Crippen LogP contribution in [0.25, 0.3) is 0 Å². The van der Waals surface area contributed by atoms with Crippen LogP contribution in [-0.2, 0) is 9.53 Å². The summed E-state index contributed by atoms with van der Waals surface area (Å²) in [6.07, 6.45) is -0.409. The maximum Gasteiger partial charge on any atom is 0.306 e. The van der Waals surface area contributed by atoms with Crippen LogP contribution >= 0.6 is 11.6 Å². The summed E-state index contributed by atoms with van der Waals surface area (Å²) in [5, 5.41) is 0.171. The summed E-state index contributed by atoms with van der Waals surface area (Å²) in [6.45, 7) is 1.73. The summed E-state index contributed by atoms with van der Waals surface area (Å²) in [5.74, 6) is -4.43. The van der Waals surface area contributed by atoms with Crippen molar-refractivity contribution in [3.8, 4) is 5.75 Å². The van der Waals surface area contributed by atoms with Crippen molar-refractivity contribution in [3.63, 3.8) is 0 Å². The third-order valence-electron chi connectivity index (χ3n) is 3.78. The zero-order valence-corrected chi connectivity index (χ0v) is 15.0. The Hall–Kier alpha value is -2.47. The van der Waals surface area contributed by atoms with Crippen LogP contribution in [0.15, 0.2) is 36.4 Å². The van der Waals surface area contributed by atoms with Crippen molar-refractivity contribution in [2.45, 2.75) is 19.3 Å². The van der Waals surface area contributed by atoms with Crippen molar-refractivity contribution >= 4 is 23.4 Å². The lowest BCUT2D eigenvalue weighted by Crippen LogP contribution is -2.21. The number of benzene rings is 2. The van der Waals surface area contributed by atoms with Gasteiger partial charge >= 0.3 is 5.97 Å². The topological polar surface area (TPSA) is 52.6 Å². The van der Waals surface area contributed by atoms with Crippen LogP contribution in [0.2, 0.25) is 5.02 Å². The molecule has 0 aliphatic heterocycles. The van der Waals surface area contributed by atoms with E-state index in [1.807, 2.05) is 0 Å². The van der Waals surface area contributed by atoms with Crippen molar-refractivity contribution in [2.24, 2.45) is 0 Å². The molecule has 26 heavy (non-hydrogen) atoms. The quantitative estimate of drug-likeness (QED) is 0.521. The number of ether oxygens (including phenoxy) is 2. The molecular weight excluding hydrogens is 366 g/mol. The van der Waals surface area contributed by atoms with Gasteiger partial charge < -0.3 is 9.47 Å². The Bertz CT molecular complexity index is 803. The SMILES string of the molecule is CCOC(=O)CC(C(=O)c1c(F)cccc1F)c1cc(OC)ccc1Cl. The molecule has 0 spiro atoms. The van der Waals surface area contributed by atoms with E-state index in [0.29, 0.717) is 5.75 Å². The van der Waals surface area contributed by atoms with E-state index >= 15 is 0 Å². The van der Waals surface area contributed by atoms with Gasteiger partial charge in [-0.1, -0.05) is 17.7 Å². The van der Waals surface area contributed by atoms with Gasteiger partial charge in [-0.25, -0.2) is 8.78 Å². The maximum atomic E-state index is 14.1. The van der Waals surface area contributed by atoms with Crippen molar-refractivity contribution in [1.82, 2.24) is 0 Å². The summed E-state index contributed by atoms with van der Waals surface area (Å²) in [5.41, 5.74) is -0.493. The minimum absolute atomic E-state index is 0.111. The Morgan fingerprint density at radius 3 is 2.38 bits per heavy atom. The molecule has 0 aromatic heterocycles. The first-order valence-electron chi connectivity index (χ1n) is 7.86. The summed E-state index contributed by atoms with van der Waals surface area (Å²) in [6, 6.07) is 7.62. The highest BCUT2D eigenvalue weighted by molar-refractivity contribution is 6.32. The lowest BCUT2D eigenvalue weighted by Gasteiger charge is -2.18. The molecule has 4 nitrogen and oxygen atoms in total. The highest BCUT2D eigenvalue weighted by Gasteiger charge is 2.31. The predicted octanol–water partition coefficient (Wildman–Crippen LogP) is 4.55. The minimum Gasteiger partial charge on any atom is -0.497 e. The van der Waals surface area contributed by atoms with Gasteiger partial charge in [-0.2, -0.15) is 0 Å². The van der Waals surface area contributed by atoms with Crippen LogP contribution in [0.1, 0.15) is 35.2 Å². The molecule has 0 heterocycles. The van der Waals surface area contributed by atoms with E-state index in [2.05, 4.69) is 0 Å². The first-order valence-corrected chi connectivity index (χ1v) is 8.24. The molecule has 0 bridgehead atoms. The lowest BCUT2D eigenvalue weighted by atomic mass is 9.87. The summed E-state index contributed by atoms with van der Waals surface area (Å²) in [4.78, 5) is 24.9. The Balaban J connectivity index is 2.54. The van der Waals surface area contributed by atoms with Crippen LogP contribution in [0.4, 0.5) is 8.78 Å². The molecule has 0 saturated heterocycles. The van der Waals surface area contributed by atoms with E-state index in [4.69, 9.17) is 21.1 Å². The van der Waals surface area contributed by atoms with Crippen molar-refractivity contribution in [3.05, 3.63) is 64.2 Å². The Kier molecular flexibility index (Phi) is 6.69. The van der Waals surface area contributed by atoms with Crippen molar-refractivity contribution in [1.29, 1.82) is 0 Å². The molecule has 0 aliphatic rings. The molecule has 2 aromatic carbocycles. The zero-order chi connectivity index (χ0) is 19.3. The second-order valence-electron chi connectivity index (χ2n) is 5.41. The van der Waals surface area contributed by atoms with Crippen LogP contribution in [-0.4, -0.2) is 25.5 Å². The fraction of sp³-hybridized carbons (Fsp3) is 0.263. The third-order valence-corrected chi connectivity index (χ3v) is 4.12. The smallest absolute Gasteiger partial charge is 0.306 e. The fourth-order valence-corrected chi connectivity index (χ4v) is 2.80. The first-order chi connectivity index (χ1) is 12.4. The molecular formula is C19H17ClF2O4. The van der Waals surface area contributed by atoms with Crippen LogP contribution in [0, 0.1) is 11.6 Å². The average molecular weight is 383 g/mol. The Morgan fingerprint density at radius 1 is 1.15 bits per heavy atom. The molecule has 0 fully saturated rings. The molecule has 0 N–H and O–H groups in total. The Morgan fingerprint density at radius 2 is 1.81 bits per heavy atom. The van der Waals surface area contributed by atoms with Crippen molar-refractivity contribution < 1.29 is 27.8 Å². The van der Waals surface area contributed by atoms with Gasteiger partial charge in [0.05, 0.1) is 31.6 Å². The molecule has 1 atom stereocenters. The lowest BCUT2D eigenvalue weighted by molar-refractivity contribution is -0.143. The summed E-state index contributed by atoms with van der Waals surface area (Å²) >= 11 is 6.17. The van der Waals surface area contributed by atoms with Gasteiger partial charge in [0.15, 0.2) is 5.78 Å². The number of carbonyl (C=O) groups excluding carboxylic acids is 2. The average Bonchev–Trinajstić information content (AvgIpc) is 2.60. The molecule has 0 aliphatic carbocycles. The van der Waals surface area contributed by atoms with Crippen LogP contribution < -0.4 is 4.74 Å². The van der Waals surface area contributed by atoms with Gasteiger partial charge in [-0.05, 0) is 42.8 Å². The molecule has 7 heteroatoms. The predicted molar refractivity (Wildman–Crippen MR) is 92.7 cm³/mol. The highest BCUT2D eigenvalue weighted by atomic mass is 35.5. The normalized spacial score (nSPS) is 11.7. The van der Waals surface area contributed by atoms with Gasteiger partial charge in [0.25, 0.3) is 0 Å². The first kappa shape index (κ1) is 19.8. The van der Waals surface area contributed by atoms with Crippen LogP contribution in [0.5, 0.6) is 5.75 Å². The number of halogens is 3. The largest absolute Gasteiger partial charge is 0.497 e. The fourth-order valence-electron chi connectivity index (χ4n) is 2.55. The van der Waals surface area contributed by atoms with Crippen molar-refractivity contribution in [2.75, 3.05) is 13.7 Å². The molecule has 1 unspecified atom stereocenters. The number of Topliss-reactive ketones (excluding diaryl/α,β-unsaturated/α-hetero) is 1. The maximum absolute atomic E-state index is 14.1. The number of hydrogen-bond donors (Lipinski definition) is 0. The molecule has 2 aromatic rings. The van der Waals surface area contributed by atoms with Gasteiger partial charge in [0, 0.05) is 5.02 Å². The van der Waals surface area contributed by atoms with Crippen LogP contribution in [0.3, 0.4) is 0 Å². The van der Waals surface area contributed by atoms with E-state index in [0.717, 1.165) is 18.2 Å². The minimum atomic E-state index is -1.22. The number of ketones is 1. The van der Waals surface area contributed by atoms with E-state index in [9.17, 15) is 18.4 Å². The van der Waals surface area contributed by atoms with E-state index in [-0.39, 0.29) is 17.2 Å². The number of rotatable bonds is 7. The number of carbonyl (C=O) groups is 2. The van der Waals surface area contributed by atoms with Gasteiger partial charge in [-0.3, -0.25) is 9.59 Å². The monoisotopic (exact) mass is 382 g/mol. The number of hydrogen-bond acceptors (Lipinski definition) is 4. The highest BCUT2D eigenvalue weighted by Crippen LogP contribution is 2.34. The molecule has 0 radical (unpaired) electrons.